The van der Waals surface area contributed by atoms with Crippen molar-refractivity contribution in [2.24, 2.45) is 11.8 Å². The van der Waals surface area contributed by atoms with Gasteiger partial charge in [0.1, 0.15) is 0 Å². The predicted molar refractivity (Wildman–Crippen MR) is 94.9 cm³/mol. The number of hydrogen-bond acceptors (Lipinski definition) is 3. The van der Waals surface area contributed by atoms with Crippen LogP contribution < -0.4 is 4.90 Å². The van der Waals surface area contributed by atoms with E-state index < -0.39 is 0 Å². The van der Waals surface area contributed by atoms with Gasteiger partial charge in [-0.15, -0.1) is 0 Å². The molecule has 0 N–H and O–H groups in total. The molecule has 1 aliphatic rings. The van der Waals surface area contributed by atoms with Gasteiger partial charge < -0.3 is 14.5 Å². The van der Waals surface area contributed by atoms with Crippen molar-refractivity contribution in [1.29, 1.82) is 0 Å². The summed E-state index contributed by atoms with van der Waals surface area (Å²) in [5, 5.41) is 0. The molecule has 132 valence electrons. The number of ether oxygens (including phenoxy) is 1. The fourth-order valence-corrected chi connectivity index (χ4v) is 3.04. The average molecular weight is 332 g/mol. The fourth-order valence-electron chi connectivity index (χ4n) is 3.04. The van der Waals surface area contributed by atoms with Crippen LogP contribution in [-0.2, 0) is 14.3 Å². The average Bonchev–Trinajstić information content (AvgIpc) is 2.93. The van der Waals surface area contributed by atoms with Gasteiger partial charge in [0.2, 0.25) is 11.8 Å². The maximum absolute atomic E-state index is 12.9. The molecular formula is C19H28N2O3. The number of carbonyl (C=O) groups is 2. The zero-order chi connectivity index (χ0) is 17.7. The number of nitrogens with zero attached hydrogens (tertiary/aromatic N) is 2. The van der Waals surface area contributed by atoms with Gasteiger partial charge >= 0.3 is 0 Å². The Morgan fingerprint density at radius 1 is 1.33 bits per heavy atom. The summed E-state index contributed by atoms with van der Waals surface area (Å²) >= 11 is 0. The first-order chi connectivity index (χ1) is 11.4. The number of hydrogen-bond donors (Lipinski definition) is 0. The van der Waals surface area contributed by atoms with Gasteiger partial charge in [-0.3, -0.25) is 9.59 Å². The second-order valence-electron chi connectivity index (χ2n) is 6.91. The lowest BCUT2D eigenvalue weighted by Crippen LogP contribution is -2.41. The third kappa shape index (κ3) is 4.57. The number of anilines is 1. The largest absolute Gasteiger partial charge is 0.383 e. The Morgan fingerprint density at radius 2 is 2.00 bits per heavy atom. The van der Waals surface area contributed by atoms with Gasteiger partial charge in [-0.25, -0.2) is 0 Å². The Kier molecular flexibility index (Phi) is 6.37. The lowest BCUT2D eigenvalue weighted by molar-refractivity contribution is -0.137. The molecule has 5 nitrogen and oxygen atoms in total. The van der Waals surface area contributed by atoms with Gasteiger partial charge in [-0.1, -0.05) is 31.5 Å². The molecule has 0 saturated carbocycles. The van der Waals surface area contributed by atoms with Gasteiger partial charge in [0.15, 0.2) is 0 Å². The number of benzene rings is 1. The monoisotopic (exact) mass is 332 g/mol. The molecule has 0 bridgehead atoms. The lowest BCUT2D eigenvalue weighted by Gasteiger charge is -2.27. The first kappa shape index (κ1) is 18.5. The second-order valence-corrected chi connectivity index (χ2v) is 6.91. The van der Waals surface area contributed by atoms with E-state index >= 15 is 0 Å². The van der Waals surface area contributed by atoms with E-state index in [1.807, 2.05) is 36.1 Å². The molecule has 24 heavy (non-hydrogen) atoms. The molecule has 2 amide bonds. The van der Waals surface area contributed by atoms with Crippen LogP contribution in [0.3, 0.4) is 0 Å². The minimum Gasteiger partial charge on any atom is -0.383 e. The Bertz CT molecular complexity index is 568. The van der Waals surface area contributed by atoms with E-state index in [0.717, 1.165) is 11.3 Å². The number of amides is 2. The number of carbonyl (C=O) groups excluding carboxylic acids is 2. The summed E-state index contributed by atoms with van der Waals surface area (Å²) in [6.45, 7) is 8.43. The van der Waals surface area contributed by atoms with Crippen LogP contribution in [-0.4, -0.2) is 50.1 Å². The first-order valence-electron chi connectivity index (χ1n) is 8.57. The maximum atomic E-state index is 12.9. The molecule has 0 radical (unpaired) electrons. The highest BCUT2D eigenvalue weighted by Gasteiger charge is 2.37. The topological polar surface area (TPSA) is 49.9 Å². The molecule has 1 fully saturated rings. The molecule has 0 spiro atoms. The van der Waals surface area contributed by atoms with Crippen LogP contribution in [0, 0.1) is 18.8 Å². The van der Waals surface area contributed by atoms with Crippen molar-refractivity contribution < 1.29 is 14.3 Å². The molecule has 1 aromatic rings. The van der Waals surface area contributed by atoms with Gasteiger partial charge in [0, 0.05) is 38.9 Å². The van der Waals surface area contributed by atoms with E-state index in [2.05, 4.69) is 13.8 Å². The Hall–Kier alpha value is -1.88. The summed E-state index contributed by atoms with van der Waals surface area (Å²) in [4.78, 5) is 28.8. The SMILES string of the molecule is COCCN(CC(C)C)C(=O)[C@@H]1CC(=O)N(c2ccc(C)cc2)C1. The zero-order valence-corrected chi connectivity index (χ0v) is 15.1. The fraction of sp³-hybridized carbons (Fsp3) is 0.579. The highest BCUT2D eigenvalue weighted by Crippen LogP contribution is 2.26. The molecule has 1 atom stereocenters. The van der Waals surface area contributed by atoms with E-state index in [0.29, 0.717) is 32.2 Å². The maximum Gasteiger partial charge on any atom is 0.228 e. The Balaban J connectivity index is 2.07. The van der Waals surface area contributed by atoms with Crippen molar-refractivity contribution in [1.82, 2.24) is 4.90 Å². The minimum absolute atomic E-state index is 0.0217. The smallest absolute Gasteiger partial charge is 0.228 e. The highest BCUT2D eigenvalue weighted by molar-refractivity contribution is 6.00. The predicted octanol–water partition coefficient (Wildman–Crippen LogP) is 2.48. The van der Waals surface area contributed by atoms with Crippen LogP contribution in [0.2, 0.25) is 0 Å². The molecule has 2 rings (SSSR count). The summed E-state index contributed by atoms with van der Waals surface area (Å²) in [7, 11) is 1.64. The van der Waals surface area contributed by atoms with Crippen molar-refractivity contribution in [3.05, 3.63) is 29.8 Å². The zero-order valence-electron chi connectivity index (χ0n) is 15.1. The Morgan fingerprint density at radius 3 is 2.58 bits per heavy atom. The lowest BCUT2D eigenvalue weighted by atomic mass is 10.1. The molecular weight excluding hydrogens is 304 g/mol. The van der Waals surface area contributed by atoms with Gasteiger partial charge in [0.05, 0.1) is 12.5 Å². The third-order valence-electron chi connectivity index (χ3n) is 4.28. The molecule has 1 aliphatic heterocycles. The van der Waals surface area contributed by atoms with E-state index in [9.17, 15) is 9.59 Å². The molecule has 0 aliphatic carbocycles. The molecule has 1 heterocycles. The molecule has 1 saturated heterocycles. The number of methoxy groups -OCH3 is 1. The summed E-state index contributed by atoms with van der Waals surface area (Å²) in [6, 6.07) is 7.86. The van der Waals surface area contributed by atoms with E-state index in [1.165, 1.54) is 0 Å². The highest BCUT2D eigenvalue weighted by atomic mass is 16.5. The quantitative estimate of drug-likeness (QED) is 0.771. The van der Waals surface area contributed by atoms with Crippen LogP contribution in [0.15, 0.2) is 24.3 Å². The first-order valence-corrected chi connectivity index (χ1v) is 8.57. The van der Waals surface area contributed by atoms with E-state index in [1.54, 1.807) is 12.0 Å². The van der Waals surface area contributed by atoms with Crippen LogP contribution in [0.4, 0.5) is 5.69 Å². The van der Waals surface area contributed by atoms with Gasteiger partial charge in [-0.2, -0.15) is 0 Å². The molecule has 0 unspecified atom stereocenters. The van der Waals surface area contributed by atoms with Crippen LogP contribution >= 0.6 is 0 Å². The summed E-state index contributed by atoms with van der Waals surface area (Å²) in [5.41, 5.74) is 2.02. The molecule has 1 aromatic carbocycles. The third-order valence-corrected chi connectivity index (χ3v) is 4.28. The minimum atomic E-state index is -0.269. The van der Waals surface area contributed by atoms with Crippen molar-refractivity contribution in [2.45, 2.75) is 27.2 Å². The number of aryl methyl sites for hydroxylation is 1. The van der Waals surface area contributed by atoms with Crippen LogP contribution in [0.25, 0.3) is 0 Å². The van der Waals surface area contributed by atoms with Crippen molar-refractivity contribution >= 4 is 17.5 Å². The Labute approximate surface area is 144 Å². The summed E-state index contributed by atoms with van der Waals surface area (Å²) in [5.74, 6) is 0.197. The van der Waals surface area contributed by atoms with E-state index in [-0.39, 0.29) is 24.2 Å². The molecule has 5 heteroatoms. The van der Waals surface area contributed by atoms with Crippen molar-refractivity contribution in [3.63, 3.8) is 0 Å². The van der Waals surface area contributed by atoms with Gasteiger partial charge in [-0.05, 0) is 25.0 Å². The standard InChI is InChI=1S/C19H28N2O3/c1-14(2)12-20(9-10-24-4)19(23)16-11-18(22)21(13-16)17-7-5-15(3)6-8-17/h5-8,14,16H,9-13H2,1-4H3/t16-/m1/s1. The van der Waals surface area contributed by atoms with E-state index in [4.69, 9.17) is 4.74 Å². The normalized spacial score (nSPS) is 17.6. The number of rotatable bonds is 7. The summed E-state index contributed by atoms with van der Waals surface area (Å²) in [6.07, 6.45) is 0.286. The van der Waals surface area contributed by atoms with Crippen molar-refractivity contribution in [3.8, 4) is 0 Å². The van der Waals surface area contributed by atoms with Crippen LogP contribution in [0.5, 0.6) is 0 Å². The summed E-state index contributed by atoms with van der Waals surface area (Å²) < 4.78 is 5.12. The molecule has 0 aromatic heterocycles. The van der Waals surface area contributed by atoms with Gasteiger partial charge in [0.25, 0.3) is 0 Å². The second kappa shape index (κ2) is 8.29. The van der Waals surface area contributed by atoms with Crippen molar-refractivity contribution in [2.75, 3.05) is 38.3 Å². The van der Waals surface area contributed by atoms with Crippen LogP contribution in [0.1, 0.15) is 25.8 Å².